The predicted octanol–water partition coefficient (Wildman–Crippen LogP) is 3.09. The van der Waals surface area contributed by atoms with Crippen molar-refractivity contribution >= 4 is 5.78 Å². The normalized spacial score (nSPS) is 24.8. The molecule has 1 aliphatic carbocycles. The minimum Gasteiger partial charge on any atom is -0.299 e. The molecule has 0 amide bonds. The molecule has 1 aliphatic rings. The minimum atomic E-state index is -4.11. The first-order valence-electron chi connectivity index (χ1n) is 4.58. The summed E-state index contributed by atoms with van der Waals surface area (Å²) in [4.78, 5) is 11.1. The van der Waals surface area contributed by atoms with Crippen LogP contribution in [0.5, 0.6) is 0 Å². The highest BCUT2D eigenvalue weighted by Crippen LogP contribution is 2.29. The highest BCUT2D eigenvalue weighted by molar-refractivity contribution is 5.81. The summed E-state index contributed by atoms with van der Waals surface area (Å²) in [6, 6.07) is 0. The molecule has 76 valence electrons. The van der Waals surface area contributed by atoms with Crippen LogP contribution in [0.1, 0.15) is 38.5 Å². The first-order chi connectivity index (χ1) is 5.99. The van der Waals surface area contributed by atoms with E-state index in [4.69, 9.17) is 0 Å². The number of hydrogen-bond acceptors (Lipinski definition) is 1. The Hall–Kier alpha value is -0.540. The van der Waals surface area contributed by atoms with Gasteiger partial charge in [0, 0.05) is 18.8 Å². The van der Waals surface area contributed by atoms with Gasteiger partial charge >= 0.3 is 6.18 Å². The van der Waals surface area contributed by atoms with Gasteiger partial charge in [0.2, 0.25) is 0 Å². The molecule has 0 N–H and O–H groups in total. The molecule has 0 radical (unpaired) electrons. The number of hydrogen-bond donors (Lipinski definition) is 0. The number of Topliss-reactive ketones (excluding diaryl/α,β-unsaturated/α-hetero) is 1. The van der Waals surface area contributed by atoms with Crippen molar-refractivity contribution in [3.63, 3.8) is 0 Å². The molecule has 0 aromatic rings. The molecule has 4 heteroatoms. The summed E-state index contributed by atoms with van der Waals surface area (Å²) in [7, 11) is 0. The number of halogens is 3. The van der Waals surface area contributed by atoms with Gasteiger partial charge in [0.25, 0.3) is 0 Å². The van der Waals surface area contributed by atoms with E-state index < -0.39 is 12.6 Å². The Morgan fingerprint density at radius 2 is 2.00 bits per heavy atom. The second-order valence-electron chi connectivity index (χ2n) is 3.56. The summed E-state index contributed by atoms with van der Waals surface area (Å²) in [6.45, 7) is 0. The number of carbonyl (C=O) groups is 1. The fourth-order valence-corrected chi connectivity index (χ4v) is 1.70. The zero-order valence-corrected chi connectivity index (χ0v) is 7.36. The van der Waals surface area contributed by atoms with E-state index in [0.29, 0.717) is 12.8 Å². The zero-order chi connectivity index (χ0) is 9.90. The van der Waals surface area contributed by atoms with Gasteiger partial charge in [0.15, 0.2) is 0 Å². The van der Waals surface area contributed by atoms with Gasteiger partial charge in [-0.15, -0.1) is 0 Å². The second-order valence-corrected chi connectivity index (χ2v) is 3.56. The van der Waals surface area contributed by atoms with E-state index in [2.05, 4.69) is 0 Å². The van der Waals surface area contributed by atoms with E-state index in [9.17, 15) is 18.0 Å². The number of rotatable bonds is 2. The SMILES string of the molecule is O=C1CCCCC1CCC(F)(F)F. The lowest BCUT2D eigenvalue weighted by molar-refractivity contribution is -0.141. The van der Waals surface area contributed by atoms with E-state index in [1.807, 2.05) is 0 Å². The third-order valence-corrected chi connectivity index (χ3v) is 2.46. The average Bonchev–Trinajstić information content (AvgIpc) is 2.01. The van der Waals surface area contributed by atoms with E-state index in [1.165, 1.54) is 0 Å². The molecule has 0 bridgehead atoms. The van der Waals surface area contributed by atoms with Crippen molar-refractivity contribution in [1.82, 2.24) is 0 Å². The van der Waals surface area contributed by atoms with Crippen molar-refractivity contribution in [1.29, 1.82) is 0 Å². The van der Waals surface area contributed by atoms with Gasteiger partial charge in [-0.25, -0.2) is 0 Å². The summed E-state index contributed by atoms with van der Waals surface area (Å²) in [6.07, 6.45) is -2.07. The lowest BCUT2D eigenvalue weighted by Crippen LogP contribution is -2.21. The van der Waals surface area contributed by atoms with Crippen LogP contribution in [0, 0.1) is 5.92 Å². The van der Waals surface area contributed by atoms with Crippen molar-refractivity contribution in [2.24, 2.45) is 5.92 Å². The molecule has 1 rings (SSSR count). The van der Waals surface area contributed by atoms with Crippen LogP contribution in [-0.2, 0) is 4.79 Å². The second kappa shape index (κ2) is 4.11. The van der Waals surface area contributed by atoms with Gasteiger partial charge in [0.05, 0.1) is 0 Å². The number of ketones is 1. The maximum atomic E-state index is 11.8. The van der Waals surface area contributed by atoms with Crippen LogP contribution < -0.4 is 0 Å². The predicted molar refractivity (Wildman–Crippen MR) is 42.3 cm³/mol. The van der Waals surface area contributed by atoms with Gasteiger partial charge in [-0.05, 0) is 19.3 Å². The Balaban J connectivity index is 2.31. The topological polar surface area (TPSA) is 17.1 Å². The van der Waals surface area contributed by atoms with Gasteiger partial charge in [-0.2, -0.15) is 13.2 Å². The Morgan fingerprint density at radius 3 is 2.54 bits per heavy atom. The van der Waals surface area contributed by atoms with Crippen molar-refractivity contribution in [2.75, 3.05) is 0 Å². The van der Waals surface area contributed by atoms with Gasteiger partial charge < -0.3 is 0 Å². The van der Waals surface area contributed by atoms with E-state index in [0.717, 1.165) is 12.8 Å². The maximum absolute atomic E-state index is 11.8. The first kappa shape index (κ1) is 10.5. The fourth-order valence-electron chi connectivity index (χ4n) is 1.70. The van der Waals surface area contributed by atoms with Crippen LogP contribution in [0.2, 0.25) is 0 Å². The van der Waals surface area contributed by atoms with Crippen LogP contribution >= 0.6 is 0 Å². The molecule has 1 unspecified atom stereocenters. The Bertz CT molecular complexity index is 186. The highest BCUT2D eigenvalue weighted by Gasteiger charge is 2.31. The first-order valence-corrected chi connectivity index (χ1v) is 4.58. The molecule has 13 heavy (non-hydrogen) atoms. The summed E-state index contributed by atoms with van der Waals surface area (Å²) >= 11 is 0. The van der Waals surface area contributed by atoms with E-state index >= 15 is 0 Å². The maximum Gasteiger partial charge on any atom is 0.389 e. The molecular formula is C9H13F3O. The minimum absolute atomic E-state index is 0.0116. The lowest BCUT2D eigenvalue weighted by Gasteiger charge is -2.20. The standard InChI is InChI=1S/C9H13F3O/c10-9(11,12)6-5-7-3-1-2-4-8(7)13/h7H,1-6H2. The third kappa shape index (κ3) is 3.79. The van der Waals surface area contributed by atoms with Crippen molar-refractivity contribution in [3.8, 4) is 0 Å². The molecule has 0 aromatic heterocycles. The lowest BCUT2D eigenvalue weighted by atomic mass is 9.85. The molecule has 0 spiro atoms. The molecule has 1 fully saturated rings. The van der Waals surface area contributed by atoms with Crippen LogP contribution in [0.15, 0.2) is 0 Å². The molecule has 0 aromatic carbocycles. The summed E-state index contributed by atoms with van der Waals surface area (Å²) in [5, 5.41) is 0. The summed E-state index contributed by atoms with van der Waals surface area (Å²) < 4.78 is 35.5. The fraction of sp³-hybridized carbons (Fsp3) is 0.889. The summed E-state index contributed by atoms with van der Waals surface area (Å²) in [5.41, 5.74) is 0. The van der Waals surface area contributed by atoms with Crippen LogP contribution in [0.4, 0.5) is 13.2 Å². The van der Waals surface area contributed by atoms with Gasteiger partial charge in [-0.1, -0.05) is 6.42 Å². The summed E-state index contributed by atoms with van der Waals surface area (Å²) in [5.74, 6) is -0.300. The Labute approximate surface area is 75.3 Å². The average molecular weight is 194 g/mol. The molecule has 1 nitrogen and oxygen atoms in total. The van der Waals surface area contributed by atoms with E-state index in [-0.39, 0.29) is 18.1 Å². The largest absolute Gasteiger partial charge is 0.389 e. The molecule has 0 aliphatic heterocycles. The molecule has 1 saturated carbocycles. The smallest absolute Gasteiger partial charge is 0.299 e. The Kier molecular flexibility index (Phi) is 3.33. The van der Waals surface area contributed by atoms with Crippen molar-refractivity contribution in [3.05, 3.63) is 0 Å². The molecule has 0 heterocycles. The molecule has 0 saturated heterocycles. The zero-order valence-electron chi connectivity index (χ0n) is 7.36. The van der Waals surface area contributed by atoms with Gasteiger partial charge in [0.1, 0.15) is 5.78 Å². The Morgan fingerprint density at radius 1 is 1.31 bits per heavy atom. The van der Waals surface area contributed by atoms with Crippen molar-refractivity contribution < 1.29 is 18.0 Å². The molecule has 1 atom stereocenters. The van der Waals surface area contributed by atoms with Crippen LogP contribution in [0.3, 0.4) is 0 Å². The quantitative estimate of drug-likeness (QED) is 0.660. The number of carbonyl (C=O) groups excluding carboxylic acids is 1. The van der Waals surface area contributed by atoms with Crippen LogP contribution in [-0.4, -0.2) is 12.0 Å². The van der Waals surface area contributed by atoms with E-state index in [1.54, 1.807) is 0 Å². The van der Waals surface area contributed by atoms with Gasteiger partial charge in [-0.3, -0.25) is 4.79 Å². The van der Waals surface area contributed by atoms with Crippen LogP contribution in [0.25, 0.3) is 0 Å². The monoisotopic (exact) mass is 194 g/mol. The third-order valence-electron chi connectivity index (χ3n) is 2.46. The number of alkyl halides is 3. The van der Waals surface area contributed by atoms with Crippen molar-refractivity contribution in [2.45, 2.75) is 44.7 Å². The molecular weight excluding hydrogens is 181 g/mol. The highest BCUT2D eigenvalue weighted by atomic mass is 19.4.